The number of aromatic nitrogens is 1. The van der Waals surface area contributed by atoms with Gasteiger partial charge in [0, 0.05) is 28.0 Å². The summed E-state index contributed by atoms with van der Waals surface area (Å²) in [6.07, 6.45) is 1.71. The molecule has 2 aromatic rings. The maximum absolute atomic E-state index is 10.8. The van der Waals surface area contributed by atoms with Crippen LogP contribution in [0.5, 0.6) is 0 Å². The van der Waals surface area contributed by atoms with Gasteiger partial charge in [-0.25, -0.2) is 4.98 Å². The summed E-state index contributed by atoms with van der Waals surface area (Å²) >= 11 is 3.48. The molecule has 2 N–H and O–H groups in total. The zero-order valence-electron chi connectivity index (χ0n) is 9.85. The molecule has 1 heterocycles. The number of aliphatic carboxylic acids is 1. The minimum absolute atomic E-state index is 0.355. The van der Waals surface area contributed by atoms with E-state index >= 15 is 0 Å². The van der Waals surface area contributed by atoms with Gasteiger partial charge in [-0.15, -0.1) is 0 Å². The van der Waals surface area contributed by atoms with Gasteiger partial charge in [0.25, 0.3) is 0 Å². The molecule has 4 nitrogen and oxygen atoms in total. The van der Waals surface area contributed by atoms with Crippen molar-refractivity contribution in [2.24, 2.45) is 5.92 Å². The van der Waals surface area contributed by atoms with Gasteiger partial charge in [-0.2, -0.15) is 0 Å². The molecule has 18 heavy (non-hydrogen) atoms. The van der Waals surface area contributed by atoms with E-state index in [1.165, 1.54) is 0 Å². The quantitative estimate of drug-likeness (QED) is 0.911. The molecule has 2 rings (SSSR count). The molecule has 0 aliphatic rings. The summed E-state index contributed by atoms with van der Waals surface area (Å²) in [4.78, 5) is 15.0. The fourth-order valence-corrected chi connectivity index (χ4v) is 2.15. The molecule has 0 fully saturated rings. The Hall–Kier alpha value is -1.62. The summed E-state index contributed by atoms with van der Waals surface area (Å²) in [6.45, 7) is 2.02. The number of nitrogens with one attached hydrogen (secondary N) is 1. The summed E-state index contributed by atoms with van der Waals surface area (Å²) in [6, 6.07) is 7.78. The van der Waals surface area contributed by atoms with Crippen LogP contribution in [0.25, 0.3) is 10.8 Å². The molecule has 1 aromatic heterocycles. The molecule has 0 spiro atoms. The summed E-state index contributed by atoms with van der Waals surface area (Å²) in [5.41, 5.74) is 0. The molecule has 0 aliphatic carbocycles. The third kappa shape index (κ3) is 2.61. The number of nitrogens with zero attached hydrogens (tertiary/aromatic N) is 1. The highest BCUT2D eigenvalue weighted by Crippen LogP contribution is 2.27. The largest absolute Gasteiger partial charge is 0.481 e. The Morgan fingerprint density at radius 3 is 2.94 bits per heavy atom. The van der Waals surface area contributed by atoms with E-state index in [0.717, 1.165) is 15.2 Å². The normalized spacial score (nSPS) is 12.3. The first kappa shape index (κ1) is 12.8. The number of benzene rings is 1. The molecule has 1 unspecified atom stereocenters. The number of carbonyl (C=O) groups is 1. The number of fused-ring (bicyclic) bond motifs is 1. The van der Waals surface area contributed by atoms with Crippen molar-refractivity contribution in [1.29, 1.82) is 0 Å². The van der Waals surface area contributed by atoms with Gasteiger partial charge in [0.2, 0.25) is 0 Å². The molecule has 0 amide bonds. The Balaban J connectivity index is 2.29. The first-order chi connectivity index (χ1) is 8.59. The van der Waals surface area contributed by atoms with Gasteiger partial charge < -0.3 is 10.4 Å². The molecule has 0 saturated carbocycles. The Morgan fingerprint density at radius 1 is 1.44 bits per heavy atom. The van der Waals surface area contributed by atoms with Gasteiger partial charge in [0.05, 0.1) is 5.92 Å². The molecule has 5 heteroatoms. The van der Waals surface area contributed by atoms with E-state index in [1.807, 2.05) is 24.3 Å². The second kappa shape index (κ2) is 5.35. The van der Waals surface area contributed by atoms with E-state index in [0.29, 0.717) is 12.4 Å². The number of carboxylic acids is 1. The maximum atomic E-state index is 10.8. The van der Waals surface area contributed by atoms with Gasteiger partial charge in [0.15, 0.2) is 0 Å². The van der Waals surface area contributed by atoms with E-state index in [4.69, 9.17) is 5.11 Å². The van der Waals surface area contributed by atoms with Crippen molar-refractivity contribution < 1.29 is 9.90 Å². The Bertz CT molecular complexity index is 586. The van der Waals surface area contributed by atoms with E-state index in [2.05, 4.69) is 26.2 Å². The first-order valence-corrected chi connectivity index (χ1v) is 6.39. The monoisotopic (exact) mass is 308 g/mol. The van der Waals surface area contributed by atoms with Crippen LogP contribution in [0.3, 0.4) is 0 Å². The number of carboxylic acid groups (broad SMARTS) is 1. The molecule has 0 aliphatic heterocycles. The number of rotatable bonds is 4. The lowest BCUT2D eigenvalue weighted by atomic mass is 10.1. The highest BCUT2D eigenvalue weighted by molar-refractivity contribution is 9.10. The van der Waals surface area contributed by atoms with Gasteiger partial charge in [0.1, 0.15) is 5.82 Å². The van der Waals surface area contributed by atoms with Crippen LogP contribution in [0.2, 0.25) is 0 Å². The van der Waals surface area contributed by atoms with Gasteiger partial charge >= 0.3 is 5.97 Å². The summed E-state index contributed by atoms with van der Waals surface area (Å²) in [7, 11) is 0. The summed E-state index contributed by atoms with van der Waals surface area (Å²) in [5, 5.41) is 14.0. The zero-order valence-corrected chi connectivity index (χ0v) is 11.4. The second-order valence-electron chi connectivity index (χ2n) is 4.11. The summed E-state index contributed by atoms with van der Waals surface area (Å²) in [5.74, 6) is -0.556. The average Bonchev–Trinajstić information content (AvgIpc) is 2.36. The van der Waals surface area contributed by atoms with Crippen LogP contribution < -0.4 is 5.32 Å². The predicted molar refractivity (Wildman–Crippen MR) is 74.7 cm³/mol. The van der Waals surface area contributed by atoms with Gasteiger partial charge in [-0.05, 0) is 12.1 Å². The first-order valence-electron chi connectivity index (χ1n) is 5.59. The smallest absolute Gasteiger partial charge is 0.308 e. The van der Waals surface area contributed by atoms with Crippen molar-refractivity contribution in [3.8, 4) is 0 Å². The number of anilines is 1. The molecule has 0 bridgehead atoms. The number of hydrogen-bond donors (Lipinski definition) is 2. The van der Waals surface area contributed by atoms with Crippen molar-refractivity contribution in [3.05, 3.63) is 34.9 Å². The molecule has 94 valence electrons. The lowest BCUT2D eigenvalue weighted by Crippen LogP contribution is -2.20. The highest BCUT2D eigenvalue weighted by Gasteiger charge is 2.11. The van der Waals surface area contributed by atoms with Crippen LogP contribution in [0.4, 0.5) is 5.82 Å². The van der Waals surface area contributed by atoms with E-state index in [1.54, 1.807) is 13.1 Å². The van der Waals surface area contributed by atoms with Crippen molar-refractivity contribution in [2.45, 2.75) is 6.92 Å². The number of hydrogen-bond acceptors (Lipinski definition) is 3. The van der Waals surface area contributed by atoms with Crippen LogP contribution >= 0.6 is 15.9 Å². The molecule has 1 atom stereocenters. The second-order valence-corrected chi connectivity index (χ2v) is 4.97. The van der Waals surface area contributed by atoms with Gasteiger partial charge in [-0.1, -0.05) is 35.0 Å². The van der Waals surface area contributed by atoms with Gasteiger partial charge in [-0.3, -0.25) is 4.79 Å². The molecule has 1 aromatic carbocycles. The minimum atomic E-state index is -0.816. The fourth-order valence-electron chi connectivity index (χ4n) is 1.65. The van der Waals surface area contributed by atoms with Crippen LogP contribution in [0, 0.1) is 5.92 Å². The standard InChI is InChI=1S/C13H13BrN2O2/c1-8(13(17)18)7-16-12-10-3-2-4-11(14)9(10)5-6-15-12/h2-6,8H,7H2,1H3,(H,15,16)(H,17,18). The van der Waals surface area contributed by atoms with Crippen LogP contribution in [-0.4, -0.2) is 22.6 Å². The number of halogens is 1. The molecule has 0 saturated heterocycles. The molecule has 0 radical (unpaired) electrons. The average molecular weight is 309 g/mol. The Morgan fingerprint density at radius 2 is 2.22 bits per heavy atom. The predicted octanol–water partition coefficient (Wildman–Crippen LogP) is 3.13. The van der Waals surface area contributed by atoms with Crippen molar-refractivity contribution in [2.75, 3.05) is 11.9 Å². The zero-order chi connectivity index (χ0) is 13.1. The third-order valence-corrected chi connectivity index (χ3v) is 3.44. The SMILES string of the molecule is CC(CNc1nccc2c(Br)cccc12)C(=O)O. The Kier molecular flexibility index (Phi) is 3.81. The lowest BCUT2D eigenvalue weighted by Gasteiger charge is -2.11. The fraction of sp³-hybridized carbons (Fsp3) is 0.231. The molecular weight excluding hydrogens is 296 g/mol. The highest BCUT2D eigenvalue weighted by atomic mass is 79.9. The third-order valence-electron chi connectivity index (χ3n) is 2.75. The van der Waals surface area contributed by atoms with Crippen LogP contribution in [0.15, 0.2) is 34.9 Å². The van der Waals surface area contributed by atoms with E-state index in [-0.39, 0.29) is 0 Å². The Labute approximate surface area is 113 Å². The molecular formula is C13H13BrN2O2. The van der Waals surface area contributed by atoms with Crippen molar-refractivity contribution in [3.63, 3.8) is 0 Å². The minimum Gasteiger partial charge on any atom is -0.481 e. The van der Waals surface area contributed by atoms with Crippen LogP contribution in [-0.2, 0) is 4.79 Å². The van der Waals surface area contributed by atoms with E-state index < -0.39 is 11.9 Å². The number of pyridine rings is 1. The lowest BCUT2D eigenvalue weighted by molar-refractivity contribution is -0.140. The van der Waals surface area contributed by atoms with Crippen LogP contribution in [0.1, 0.15) is 6.92 Å². The van der Waals surface area contributed by atoms with Crippen molar-refractivity contribution >= 4 is 38.5 Å². The maximum Gasteiger partial charge on any atom is 0.308 e. The topological polar surface area (TPSA) is 62.2 Å². The summed E-state index contributed by atoms with van der Waals surface area (Å²) < 4.78 is 0.997. The van der Waals surface area contributed by atoms with Crippen molar-refractivity contribution in [1.82, 2.24) is 4.98 Å². The van der Waals surface area contributed by atoms with E-state index in [9.17, 15) is 4.79 Å².